The fourth-order valence-electron chi connectivity index (χ4n) is 2.21. The van der Waals surface area contributed by atoms with E-state index in [9.17, 15) is 13.2 Å². The molecule has 0 aliphatic carbocycles. The van der Waals surface area contributed by atoms with Gasteiger partial charge in [0.1, 0.15) is 5.88 Å². The monoisotopic (exact) mass is 264 g/mol. The topological polar surface area (TPSA) is 86.7 Å². The summed E-state index contributed by atoms with van der Waals surface area (Å²) in [7, 11) is -2.70. The van der Waals surface area contributed by atoms with E-state index in [1.165, 1.54) is 0 Å². The number of carbonyl (C=O) groups is 1. The van der Waals surface area contributed by atoms with Crippen LogP contribution >= 0.6 is 0 Å². The molecule has 0 saturated carbocycles. The van der Waals surface area contributed by atoms with E-state index in [0.29, 0.717) is 5.92 Å². The predicted octanol–water partition coefficient (Wildman–Crippen LogP) is 0.169. The van der Waals surface area contributed by atoms with Crippen LogP contribution in [0, 0.1) is 11.8 Å². The van der Waals surface area contributed by atoms with Crippen molar-refractivity contribution in [3.8, 4) is 0 Å². The smallest absolute Gasteiger partial charge is 0.408 e. The van der Waals surface area contributed by atoms with Crippen LogP contribution in [0.25, 0.3) is 0 Å². The summed E-state index contributed by atoms with van der Waals surface area (Å²) < 4.78 is 21.2. The molecule has 100 valence electrons. The molecule has 0 aromatic heterocycles. The molecular formula is C10H20N2O4S. The Morgan fingerprint density at radius 3 is 2.65 bits per heavy atom. The molecule has 1 saturated heterocycles. The number of nitrogens with one attached hydrogen (secondary N) is 1. The Labute approximate surface area is 103 Å². The second-order valence-electron chi connectivity index (χ2n) is 4.78. The highest BCUT2D eigenvalue weighted by Crippen LogP contribution is 2.21. The lowest BCUT2D eigenvalue weighted by molar-refractivity contribution is 0.129. The van der Waals surface area contributed by atoms with Crippen molar-refractivity contribution in [1.82, 2.24) is 10.2 Å². The van der Waals surface area contributed by atoms with Gasteiger partial charge in [-0.05, 0) is 31.7 Å². The molecule has 1 rings (SSSR count). The zero-order chi connectivity index (χ0) is 13.0. The van der Waals surface area contributed by atoms with Crippen LogP contribution < -0.4 is 5.32 Å². The van der Waals surface area contributed by atoms with Crippen molar-refractivity contribution in [2.24, 2.45) is 11.8 Å². The maximum absolute atomic E-state index is 10.9. The normalized spacial score (nSPS) is 29.2. The van der Waals surface area contributed by atoms with Crippen LogP contribution in [-0.2, 0) is 10.7 Å². The number of nitrogens with zero attached hydrogens (tertiary/aromatic N) is 1. The number of rotatable bonds is 4. The molecule has 6 nitrogen and oxygen atoms in total. The van der Waals surface area contributed by atoms with E-state index in [0.717, 1.165) is 17.9 Å². The van der Waals surface area contributed by atoms with Crippen molar-refractivity contribution in [2.75, 3.05) is 19.0 Å². The van der Waals surface area contributed by atoms with E-state index in [-0.39, 0.29) is 18.5 Å². The van der Waals surface area contributed by atoms with E-state index in [1.807, 2.05) is 6.92 Å². The van der Waals surface area contributed by atoms with Crippen LogP contribution in [0.4, 0.5) is 4.79 Å². The van der Waals surface area contributed by atoms with Crippen molar-refractivity contribution < 1.29 is 18.3 Å². The highest BCUT2D eigenvalue weighted by molar-refractivity contribution is 7.72. The molecule has 2 N–H and O–H groups in total. The van der Waals surface area contributed by atoms with Gasteiger partial charge in [0.25, 0.3) is 0 Å². The highest BCUT2D eigenvalue weighted by Gasteiger charge is 2.28. The molecule has 1 aliphatic heterocycles. The zero-order valence-electron chi connectivity index (χ0n) is 10.1. The van der Waals surface area contributed by atoms with Gasteiger partial charge < -0.3 is 10.4 Å². The van der Waals surface area contributed by atoms with Gasteiger partial charge in [-0.2, -0.15) is 0 Å². The molecule has 1 aliphatic rings. The van der Waals surface area contributed by atoms with Crippen molar-refractivity contribution in [3.63, 3.8) is 0 Å². The van der Waals surface area contributed by atoms with E-state index in [4.69, 9.17) is 5.11 Å². The van der Waals surface area contributed by atoms with Crippen molar-refractivity contribution in [1.29, 1.82) is 0 Å². The Balaban J connectivity index is 2.61. The molecular weight excluding hydrogens is 244 g/mol. The minimum Gasteiger partial charge on any atom is -0.465 e. The van der Waals surface area contributed by atoms with Crippen LogP contribution in [0.15, 0.2) is 0 Å². The van der Waals surface area contributed by atoms with Gasteiger partial charge in [0.05, 0.1) is 0 Å². The summed E-state index contributed by atoms with van der Waals surface area (Å²) in [6, 6.07) is 0.220. The largest absolute Gasteiger partial charge is 0.465 e. The molecule has 0 radical (unpaired) electrons. The maximum atomic E-state index is 10.9. The predicted molar refractivity (Wildman–Crippen MR) is 64.6 cm³/mol. The van der Waals surface area contributed by atoms with Crippen molar-refractivity contribution >= 4 is 16.8 Å². The molecule has 1 amide bonds. The summed E-state index contributed by atoms with van der Waals surface area (Å²) in [6.45, 7) is 5.32. The van der Waals surface area contributed by atoms with Gasteiger partial charge in [-0.25, -0.2) is 13.2 Å². The molecule has 1 heterocycles. The Morgan fingerprint density at radius 2 is 2.12 bits per heavy atom. The third-order valence-corrected chi connectivity index (χ3v) is 3.78. The van der Waals surface area contributed by atoms with Crippen molar-refractivity contribution in [2.45, 2.75) is 26.3 Å². The number of hydrogen-bond acceptors (Lipinski definition) is 4. The standard InChI is InChI=1S/C10H20N2O4S/c1-7-3-9(8(2)11-4-7)5-12(10(13)14)6-17(15)16/h7-9,11,17H,3-6H2,1-2H3,(H,13,14). The zero-order valence-corrected chi connectivity index (χ0v) is 11.0. The van der Waals surface area contributed by atoms with Gasteiger partial charge in [0, 0.05) is 12.6 Å². The van der Waals surface area contributed by atoms with Crippen molar-refractivity contribution in [3.05, 3.63) is 0 Å². The summed E-state index contributed by atoms with van der Waals surface area (Å²) in [5, 5.41) is 12.3. The Bertz CT molecular complexity index is 337. The van der Waals surface area contributed by atoms with Gasteiger partial charge in [-0.15, -0.1) is 0 Å². The fraction of sp³-hybridized carbons (Fsp3) is 0.900. The summed E-state index contributed by atoms with van der Waals surface area (Å²) in [4.78, 5) is 11.9. The first-order chi connectivity index (χ1) is 7.90. The van der Waals surface area contributed by atoms with E-state index < -0.39 is 22.7 Å². The summed E-state index contributed by atoms with van der Waals surface area (Å²) >= 11 is 0. The number of amides is 1. The molecule has 17 heavy (non-hydrogen) atoms. The molecule has 0 bridgehead atoms. The molecule has 3 atom stereocenters. The number of carboxylic acid groups (broad SMARTS) is 1. The first-order valence-electron chi connectivity index (χ1n) is 5.73. The summed E-state index contributed by atoms with van der Waals surface area (Å²) in [5.74, 6) is 0.250. The van der Waals surface area contributed by atoms with Crippen LogP contribution in [0.2, 0.25) is 0 Å². The molecule has 7 heteroatoms. The van der Waals surface area contributed by atoms with Crippen LogP contribution in [0.5, 0.6) is 0 Å². The summed E-state index contributed by atoms with van der Waals surface area (Å²) in [5.41, 5.74) is 0. The maximum Gasteiger partial charge on any atom is 0.408 e. The Kier molecular flexibility index (Phi) is 5.20. The molecule has 3 unspecified atom stereocenters. The molecule has 0 aromatic rings. The quantitative estimate of drug-likeness (QED) is 0.630. The van der Waals surface area contributed by atoms with Gasteiger partial charge in [0.2, 0.25) is 0 Å². The Morgan fingerprint density at radius 1 is 1.47 bits per heavy atom. The average Bonchev–Trinajstić information content (AvgIpc) is 2.21. The number of hydrogen-bond donors (Lipinski definition) is 3. The van der Waals surface area contributed by atoms with Gasteiger partial charge in [-0.1, -0.05) is 6.92 Å². The minimum absolute atomic E-state index is 0.171. The summed E-state index contributed by atoms with van der Waals surface area (Å²) in [6.07, 6.45) is -0.247. The molecule has 0 aromatic carbocycles. The van der Waals surface area contributed by atoms with Gasteiger partial charge >= 0.3 is 6.09 Å². The second-order valence-corrected chi connectivity index (χ2v) is 5.73. The average molecular weight is 264 g/mol. The number of piperidine rings is 1. The lowest BCUT2D eigenvalue weighted by atomic mass is 9.86. The SMILES string of the molecule is CC1CNC(C)C(CN(C[SH](=O)=O)C(=O)O)C1. The van der Waals surface area contributed by atoms with Gasteiger partial charge in [-0.3, -0.25) is 4.90 Å². The Hall–Kier alpha value is -0.820. The van der Waals surface area contributed by atoms with Crippen LogP contribution in [-0.4, -0.2) is 49.5 Å². The lowest BCUT2D eigenvalue weighted by Gasteiger charge is -2.35. The molecule has 1 fully saturated rings. The van der Waals surface area contributed by atoms with Crippen LogP contribution in [0.1, 0.15) is 20.3 Å². The first-order valence-corrected chi connectivity index (χ1v) is 7.09. The van der Waals surface area contributed by atoms with Gasteiger partial charge in [0.15, 0.2) is 10.7 Å². The number of thiol groups is 1. The third-order valence-electron chi connectivity index (χ3n) is 3.21. The second kappa shape index (κ2) is 6.20. The highest BCUT2D eigenvalue weighted by atomic mass is 32.2. The minimum atomic E-state index is -2.70. The lowest BCUT2D eigenvalue weighted by Crippen LogP contribution is -2.48. The van der Waals surface area contributed by atoms with E-state index >= 15 is 0 Å². The van der Waals surface area contributed by atoms with E-state index in [1.54, 1.807) is 0 Å². The first kappa shape index (κ1) is 14.2. The van der Waals surface area contributed by atoms with E-state index in [2.05, 4.69) is 12.2 Å². The third kappa shape index (κ3) is 4.51. The fourth-order valence-corrected chi connectivity index (χ4v) is 2.72. The van der Waals surface area contributed by atoms with Crippen LogP contribution in [0.3, 0.4) is 0 Å². The molecule has 0 spiro atoms.